The number of carbonyl (C=O) groups excluding carboxylic acids is 1. The number of hydrogen-bond donors (Lipinski definition) is 1. The Kier molecular flexibility index (Phi) is 6.03. The Bertz CT molecular complexity index is 915. The third kappa shape index (κ3) is 5.48. The largest absolute Gasteiger partial charge is 0.377 e. The summed E-state index contributed by atoms with van der Waals surface area (Å²) in [5, 5.41) is 2.66. The highest BCUT2D eigenvalue weighted by Gasteiger charge is 2.24. The lowest BCUT2D eigenvalue weighted by Crippen LogP contribution is -2.20. The van der Waals surface area contributed by atoms with E-state index in [0.717, 1.165) is 12.8 Å². The molecule has 1 heterocycles. The number of benzene rings is 2. The van der Waals surface area contributed by atoms with E-state index in [1.165, 1.54) is 30.3 Å². The minimum absolute atomic E-state index is 0.0287. The predicted octanol–water partition coefficient (Wildman–Crippen LogP) is 3.43. The normalized spacial score (nSPS) is 17.3. The first-order valence-electron chi connectivity index (χ1n) is 8.61. The molecule has 1 aliphatic heterocycles. The quantitative estimate of drug-likeness (QED) is 0.769. The van der Waals surface area contributed by atoms with Crippen LogP contribution in [0.25, 0.3) is 6.08 Å². The zero-order valence-corrected chi connectivity index (χ0v) is 15.4. The first-order valence-corrected chi connectivity index (χ1v) is 10.3. The van der Waals surface area contributed by atoms with Crippen molar-refractivity contribution in [1.29, 1.82) is 0 Å². The van der Waals surface area contributed by atoms with Crippen LogP contribution in [0.3, 0.4) is 0 Å². The Balaban J connectivity index is 1.59. The molecular formula is C20H20FNO4S. The topological polar surface area (TPSA) is 72.5 Å². The molecule has 7 heteroatoms. The third-order valence-corrected chi connectivity index (χ3v) is 6.01. The number of sulfone groups is 1. The van der Waals surface area contributed by atoms with Gasteiger partial charge >= 0.3 is 0 Å². The standard InChI is InChI=1S/C20H20FNO4S/c21-16-6-3-15(4-7-16)5-12-20(23)22-17-8-10-19(11-9-17)27(24,25)14-18-2-1-13-26-18/h3-12,18H,1-2,13-14H2,(H,22,23). The number of hydrogen-bond acceptors (Lipinski definition) is 4. The van der Waals surface area contributed by atoms with Gasteiger partial charge in [0.1, 0.15) is 5.82 Å². The minimum Gasteiger partial charge on any atom is -0.377 e. The van der Waals surface area contributed by atoms with Crippen LogP contribution in [-0.4, -0.2) is 32.8 Å². The van der Waals surface area contributed by atoms with Crippen LogP contribution in [0.2, 0.25) is 0 Å². The molecule has 0 spiro atoms. The fourth-order valence-electron chi connectivity index (χ4n) is 2.79. The highest BCUT2D eigenvalue weighted by atomic mass is 32.2. The van der Waals surface area contributed by atoms with E-state index in [1.807, 2.05) is 0 Å². The van der Waals surface area contributed by atoms with E-state index >= 15 is 0 Å². The first-order chi connectivity index (χ1) is 12.9. The Hall–Kier alpha value is -2.51. The van der Waals surface area contributed by atoms with Gasteiger partial charge in [0.15, 0.2) is 9.84 Å². The average Bonchev–Trinajstić information content (AvgIpc) is 3.14. The van der Waals surface area contributed by atoms with Gasteiger partial charge in [-0.2, -0.15) is 0 Å². The summed E-state index contributed by atoms with van der Waals surface area (Å²) in [6.45, 7) is 0.608. The maximum absolute atomic E-state index is 12.8. The number of halogens is 1. The summed E-state index contributed by atoms with van der Waals surface area (Å²) < 4.78 is 43.0. The summed E-state index contributed by atoms with van der Waals surface area (Å²) in [6.07, 6.45) is 4.29. The predicted molar refractivity (Wildman–Crippen MR) is 102 cm³/mol. The van der Waals surface area contributed by atoms with Gasteiger partial charge in [0, 0.05) is 18.4 Å². The molecule has 1 aliphatic rings. The van der Waals surface area contributed by atoms with Crippen molar-refractivity contribution in [2.75, 3.05) is 17.7 Å². The minimum atomic E-state index is -3.42. The average molecular weight is 389 g/mol. The van der Waals surface area contributed by atoms with Crippen LogP contribution >= 0.6 is 0 Å². The van der Waals surface area contributed by atoms with Gasteiger partial charge in [-0.3, -0.25) is 4.79 Å². The Morgan fingerprint density at radius 1 is 1.15 bits per heavy atom. The molecule has 0 aromatic heterocycles. The number of amides is 1. The first kappa shape index (κ1) is 19.3. The molecule has 142 valence electrons. The van der Waals surface area contributed by atoms with E-state index in [2.05, 4.69) is 5.32 Å². The number of ether oxygens (including phenoxy) is 1. The lowest BCUT2D eigenvalue weighted by atomic mass is 10.2. The van der Waals surface area contributed by atoms with E-state index in [-0.39, 0.29) is 28.5 Å². The SMILES string of the molecule is O=C(C=Cc1ccc(F)cc1)Nc1ccc(S(=O)(=O)CC2CCCO2)cc1. The highest BCUT2D eigenvalue weighted by Crippen LogP contribution is 2.20. The Morgan fingerprint density at radius 3 is 2.48 bits per heavy atom. The monoisotopic (exact) mass is 389 g/mol. The van der Waals surface area contributed by atoms with Crippen LogP contribution in [-0.2, 0) is 19.4 Å². The fraction of sp³-hybridized carbons (Fsp3) is 0.250. The van der Waals surface area contributed by atoms with Crippen LogP contribution < -0.4 is 5.32 Å². The van der Waals surface area contributed by atoms with Crippen molar-refractivity contribution >= 4 is 27.5 Å². The summed E-state index contributed by atoms with van der Waals surface area (Å²) >= 11 is 0. The van der Waals surface area contributed by atoms with Crippen LogP contribution in [0.4, 0.5) is 10.1 Å². The molecule has 0 radical (unpaired) electrons. The van der Waals surface area contributed by atoms with Gasteiger partial charge in [0.05, 0.1) is 16.8 Å². The molecule has 27 heavy (non-hydrogen) atoms. The van der Waals surface area contributed by atoms with E-state index in [9.17, 15) is 17.6 Å². The smallest absolute Gasteiger partial charge is 0.248 e. The maximum Gasteiger partial charge on any atom is 0.248 e. The summed E-state index contributed by atoms with van der Waals surface area (Å²) in [6, 6.07) is 11.8. The second-order valence-corrected chi connectivity index (χ2v) is 8.35. The number of rotatable bonds is 6. The molecule has 1 N–H and O–H groups in total. The van der Waals surface area contributed by atoms with Crippen molar-refractivity contribution in [1.82, 2.24) is 0 Å². The number of carbonyl (C=O) groups is 1. The molecule has 1 fully saturated rings. The Morgan fingerprint density at radius 2 is 1.85 bits per heavy atom. The highest BCUT2D eigenvalue weighted by molar-refractivity contribution is 7.91. The van der Waals surface area contributed by atoms with E-state index < -0.39 is 9.84 Å². The van der Waals surface area contributed by atoms with Gasteiger partial charge in [-0.25, -0.2) is 12.8 Å². The van der Waals surface area contributed by atoms with Crippen molar-refractivity contribution in [3.63, 3.8) is 0 Å². The van der Waals surface area contributed by atoms with E-state index in [0.29, 0.717) is 17.9 Å². The van der Waals surface area contributed by atoms with Gasteiger partial charge in [-0.1, -0.05) is 12.1 Å². The van der Waals surface area contributed by atoms with Gasteiger partial charge < -0.3 is 10.1 Å². The molecule has 1 unspecified atom stereocenters. The number of nitrogens with one attached hydrogen (secondary N) is 1. The summed E-state index contributed by atoms with van der Waals surface area (Å²) in [5.74, 6) is -0.737. The van der Waals surface area contributed by atoms with Gasteiger partial charge in [0.25, 0.3) is 0 Å². The van der Waals surface area contributed by atoms with Crippen molar-refractivity contribution < 1.29 is 22.3 Å². The Labute approximate surface area is 157 Å². The van der Waals surface area contributed by atoms with Crippen molar-refractivity contribution in [3.8, 4) is 0 Å². The lowest BCUT2D eigenvalue weighted by Gasteiger charge is -2.10. The van der Waals surface area contributed by atoms with Gasteiger partial charge in [-0.05, 0) is 60.9 Å². The van der Waals surface area contributed by atoms with Crippen LogP contribution in [0.5, 0.6) is 0 Å². The van der Waals surface area contributed by atoms with Crippen LogP contribution in [0.1, 0.15) is 18.4 Å². The summed E-state index contributed by atoms with van der Waals surface area (Å²) in [5.41, 5.74) is 1.18. The molecule has 2 aromatic rings. The second-order valence-electron chi connectivity index (χ2n) is 6.31. The third-order valence-electron chi connectivity index (χ3n) is 4.21. The molecule has 1 atom stereocenters. The van der Waals surface area contributed by atoms with E-state index in [1.54, 1.807) is 30.3 Å². The van der Waals surface area contributed by atoms with Crippen molar-refractivity contribution in [2.24, 2.45) is 0 Å². The lowest BCUT2D eigenvalue weighted by molar-refractivity contribution is -0.111. The van der Waals surface area contributed by atoms with Gasteiger partial charge in [-0.15, -0.1) is 0 Å². The maximum atomic E-state index is 12.8. The van der Waals surface area contributed by atoms with Crippen LogP contribution in [0.15, 0.2) is 59.5 Å². The van der Waals surface area contributed by atoms with Crippen LogP contribution in [0, 0.1) is 5.82 Å². The van der Waals surface area contributed by atoms with Gasteiger partial charge in [0.2, 0.25) is 5.91 Å². The second kappa shape index (κ2) is 8.45. The fourth-order valence-corrected chi connectivity index (χ4v) is 4.29. The molecule has 0 saturated carbocycles. The molecule has 1 saturated heterocycles. The molecule has 2 aromatic carbocycles. The molecule has 1 amide bonds. The van der Waals surface area contributed by atoms with E-state index in [4.69, 9.17) is 4.74 Å². The van der Waals surface area contributed by atoms with Crippen molar-refractivity contribution in [3.05, 3.63) is 66.0 Å². The molecule has 0 aliphatic carbocycles. The molecule has 3 rings (SSSR count). The van der Waals surface area contributed by atoms with Crippen molar-refractivity contribution in [2.45, 2.75) is 23.8 Å². The molecule has 0 bridgehead atoms. The summed E-state index contributed by atoms with van der Waals surface area (Å²) in [7, 11) is -3.42. The molecular weight excluding hydrogens is 369 g/mol. The summed E-state index contributed by atoms with van der Waals surface area (Å²) in [4.78, 5) is 12.2. The zero-order valence-electron chi connectivity index (χ0n) is 14.6. The number of anilines is 1. The zero-order chi connectivity index (χ0) is 19.3. The molecule has 5 nitrogen and oxygen atoms in total.